The van der Waals surface area contributed by atoms with Crippen molar-refractivity contribution in [2.24, 2.45) is 0 Å². The maximum absolute atomic E-state index is 14.2. The molecule has 0 atom stereocenters. The number of amides is 1. The number of hydrogen-bond donors (Lipinski definition) is 1. The van der Waals surface area contributed by atoms with Crippen LogP contribution in [0.15, 0.2) is 59.4 Å². The second kappa shape index (κ2) is 8.43. The molecule has 3 rings (SSSR count). The number of benzene rings is 2. The first-order valence-electron chi connectivity index (χ1n) is 8.39. The normalized spacial score (nSPS) is 10.5. The van der Waals surface area contributed by atoms with Gasteiger partial charge in [-0.2, -0.15) is 5.10 Å². The van der Waals surface area contributed by atoms with Crippen LogP contribution in [-0.2, 0) is 17.9 Å². The van der Waals surface area contributed by atoms with Crippen LogP contribution in [0.25, 0.3) is 11.3 Å². The molecule has 1 heterocycles. The van der Waals surface area contributed by atoms with Crippen molar-refractivity contribution in [3.8, 4) is 17.0 Å². The van der Waals surface area contributed by atoms with Crippen molar-refractivity contribution in [2.45, 2.75) is 13.1 Å². The summed E-state index contributed by atoms with van der Waals surface area (Å²) in [4.78, 5) is 24.1. The van der Waals surface area contributed by atoms with E-state index in [0.29, 0.717) is 11.3 Å². The Bertz CT molecular complexity index is 1070. The SMILES string of the molecule is COc1ccc(-c2ccc(=O)n(CC(=O)NCc3cccc(F)c3)n2)c(F)c1. The molecule has 0 aliphatic heterocycles. The first-order chi connectivity index (χ1) is 13.5. The van der Waals surface area contributed by atoms with Gasteiger partial charge in [-0.25, -0.2) is 13.5 Å². The Morgan fingerprint density at radius 1 is 1.14 bits per heavy atom. The highest BCUT2D eigenvalue weighted by Gasteiger charge is 2.12. The third-order valence-electron chi connectivity index (χ3n) is 3.99. The minimum Gasteiger partial charge on any atom is -0.497 e. The summed E-state index contributed by atoms with van der Waals surface area (Å²) < 4.78 is 33.3. The largest absolute Gasteiger partial charge is 0.497 e. The molecule has 3 aromatic rings. The third kappa shape index (κ3) is 4.59. The molecule has 1 aromatic heterocycles. The predicted molar refractivity (Wildman–Crippen MR) is 98.7 cm³/mol. The highest BCUT2D eigenvalue weighted by molar-refractivity contribution is 5.75. The molecular formula is C20H17F2N3O3. The molecule has 2 aromatic carbocycles. The Labute approximate surface area is 159 Å². The van der Waals surface area contributed by atoms with E-state index in [1.165, 1.54) is 49.6 Å². The van der Waals surface area contributed by atoms with Gasteiger partial charge in [-0.3, -0.25) is 9.59 Å². The standard InChI is InChI=1S/C20H17F2N3O3/c1-28-15-5-6-16(17(22)10-15)18-7-8-20(27)25(24-18)12-19(26)23-11-13-3-2-4-14(21)9-13/h2-10H,11-12H2,1H3,(H,23,26). The van der Waals surface area contributed by atoms with Crippen molar-refractivity contribution in [3.63, 3.8) is 0 Å². The van der Waals surface area contributed by atoms with Gasteiger partial charge in [-0.05, 0) is 35.9 Å². The molecule has 28 heavy (non-hydrogen) atoms. The number of nitrogens with zero attached hydrogens (tertiary/aromatic N) is 2. The Kier molecular flexibility index (Phi) is 5.78. The quantitative estimate of drug-likeness (QED) is 0.708. The summed E-state index contributed by atoms with van der Waals surface area (Å²) in [5, 5.41) is 6.66. The fourth-order valence-corrected chi connectivity index (χ4v) is 2.58. The van der Waals surface area contributed by atoms with E-state index in [9.17, 15) is 18.4 Å². The van der Waals surface area contributed by atoms with E-state index in [4.69, 9.17) is 4.74 Å². The minimum absolute atomic E-state index is 0.109. The van der Waals surface area contributed by atoms with Gasteiger partial charge in [-0.15, -0.1) is 0 Å². The second-order valence-electron chi connectivity index (χ2n) is 5.97. The summed E-state index contributed by atoms with van der Waals surface area (Å²) in [5.74, 6) is -1.09. The first-order valence-corrected chi connectivity index (χ1v) is 8.39. The molecular weight excluding hydrogens is 368 g/mol. The van der Waals surface area contributed by atoms with E-state index in [1.807, 2.05) is 0 Å². The van der Waals surface area contributed by atoms with E-state index in [0.717, 1.165) is 4.68 Å². The zero-order chi connectivity index (χ0) is 20.1. The minimum atomic E-state index is -0.562. The molecule has 8 heteroatoms. The van der Waals surface area contributed by atoms with E-state index >= 15 is 0 Å². The number of methoxy groups -OCH3 is 1. The predicted octanol–water partition coefficient (Wildman–Crippen LogP) is 2.51. The van der Waals surface area contributed by atoms with Crippen LogP contribution in [0.1, 0.15) is 5.56 Å². The molecule has 0 spiro atoms. The molecule has 6 nitrogen and oxygen atoms in total. The monoisotopic (exact) mass is 385 g/mol. The van der Waals surface area contributed by atoms with Crippen molar-refractivity contribution in [3.05, 3.63) is 82.1 Å². The molecule has 0 fully saturated rings. The smallest absolute Gasteiger partial charge is 0.267 e. The van der Waals surface area contributed by atoms with Crippen LogP contribution in [0.2, 0.25) is 0 Å². The van der Waals surface area contributed by atoms with Crippen LogP contribution in [0, 0.1) is 11.6 Å². The summed E-state index contributed by atoms with van der Waals surface area (Å²) in [5.41, 5.74) is 0.466. The van der Waals surface area contributed by atoms with Gasteiger partial charge in [-0.1, -0.05) is 12.1 Å². The van der Waals surface area contributed by atoms with Crippen molar-refractivity contribution in [2.75, 3.05) is 7.11 Å². The molecule has 0 radical (unpaired) electrons. The number of carbonyl (C=O) groups excluding carboxylic acids is 1. The number of nitrogens with one attached hydrogen (secondary N) is 1. The van der Waals surface area contributed by atoms with Crippen LogP contribution in [-0.4, -0.2) is 22.8 Å². The zero-order valence-corrected chi connectivity index (χ0v) is 15.0. The number of aromatic nitrogens is 2. The van der Waals surface area contributed by atoms with Gasteiger partial charge < -0.3 is 10.1 Å². The maximum Gasteiger partial charge on any atom is 0.267 e. The summed E-state index contributed by atoms with van der Waals surface area (Å²) in [6, 6.07) is 12.7. The van der Waals surface area contributed by atoms with Crippen LogP contribution < -0.4 is 15.6 Å². The molecule has 0 unspecified atom stereocenters. The fraction of sp³-hybridized carbons (Fsp3) is 0.150. The third-order valence-corrected chi connectivity index (χ3v) is 3.99. The summed E-state index contributed by atoms with van der Waals surface area (Å²) in [7, 11) is 1.43. The lowest BCUT2D eigenvalue weighted by molar-refractivity contribution is -0.122. The van der Waals surface area contributed by atoms with Gasteiger partial charge >= 0.3 is 0 Å². The maximum atomic E-state index is 14.2. The highest BCUT2D eigenvalue weighted by Crippen LogP contribution is 2.23. The van der Waals surface area contributed by atoms with Gasteiger partial charge in [0.15, 0.2) is 0 Å². The molecule has 0 saturated heterocycles. The van der Waals surface area contributed by atoms with Gasteiger partial charge in [0, 0.05) is 24.2 Å². The lowest BCUT2D eigenvalue weighted by atomic mass is 10.1. The van der Waals surface area contributed by atoms with Gasteiger partial charge in [0.1, 0.15) is 23.9 Å². The number of rotatable bonds is 6. The van der Waals surface area contributed by atoms with Crippen molar-refractivity contribution < 1.29 is 18.3 Å². The Morgan fingerprint density at radius 2 is 1.96 bits per heavy atom. The number of carbonyl (C=O) groups is 1. The molecule has 0 aliphatic rings. The van der Waals surface area contributed by atoms with E-state index in [-0.39, 0.29) is 24.3 Å². The highest BCUT2D eigenvalue weighted by atomic mass is 19.1. The van der Waals surface area contributed by atoms with Crippen LogP contribution in [0.3, 0.4) is 0 Å². The Balaban J connectivity index is 1.74. The molecule has 144 valence electrons. The molecule has 1 amide bonds. The number of ether oxygens (including phenoxy) is 1. The fourth-order valence-electron chi connectivity index (χ4n) is 2.58. The summed E-state index contributed by atoms with van der Waals surface area (Å²) in [6.07, 6.45) is 0. The molecule has 0 aliphatic carbocycles. The van der Waals surface area contributed by atoms with Gasteiger partial charge in [0.25, 0.3) is 5.56 Å². The lowest BCUT2D eigenvalue weighted by Gasteiger charge is -2.09. The average Bonchev–Trinajstić information content (AvgIpc) is 2.68. The van der Waals surface area contributed by atoms with Gasteiger partial charge in [0.05, 0.1) is 12.8 Å². The van der Waals surface area contributed by atoms with Crippen molar-refractivity contribution >= 4 is 5.91 Å². The molecule has 0 saturated carbocycles. The van der Waals surface area contributed by atoms with Crippen LogP contribution in [0.5, 0.6) is 5.75 Å². The second-order valence-corrected chi connectivity index (χ2v) is 5.97. The van der Waals surface area contributed by atoms with E-state index < -0.39 is 23.1 Å². The average molecular weight is 385 g/mol. The van der Waals surface area contributed by atoms with Crippen molar-refractivity contribution in [1.29, 1.82) is 0 Å². The molecule has 0 bridgehead atoms. The van der Waals surface area contributed by atoms with Crippen LogP contribution in [0.4, 0.5) is 8.78 Å². The van der Waals surface area contributed by atoms with Gasteiger partial charge in [0.2, 0.25) is 5.91 Å². The lowest BCUT2D eigenvalue weighted by Crippen LogP contribution is -2.33. The summed E-state index contributed by atoms with van der Waals surface area (Å²) in [6.45, 7) is -0.238. The van der Waals surface area contributed by atoms with Crippen LogP contribution >= 0.6 is 0 Å². The summed E-state index contributed by atoms with van der Waals surface area (Å²) >= 11 is 0. The van der Waals surface area contributed by atoms with Crippen molar-refractivity contribution in [1.82, 2.24) is 15.1 Å². The topological polar surface area (TPSA) is 73.2 Å². The Hall–Kier alpha value is -3.55. The van der Waals surface area contributed by atoms with E-state index in [2.05, 4.69) is 10.4 Å². The molecule has 1 N–H and O–H groups in total. The zero-order valence-electron chi connectivity index (χ0n) is 15.0. The first kappa shape index (κ1) is 19.2. The number of halogens is 2. The van der Waals surface area contributed by atoms with E-state index in [1.54, 1.807) is 12.1 Å². The Morgan fingerprint density at radius 3 is 2.68 bits per heavy atom. The number of hydrogen-bond acceptors (Lipinski definition) is 4.